The van der Waals surface area contributed by atoms with Crippen LogP contribution in [0.2, 0.25) is 5.02 Å². The second kappa shape index (κ2) is 4.56. The summed E-state index contributed by atoms with van der Waals surface area (Å²) >= 11 is 6.09. The predicted octanol–water partition coefficient (Wildman–Crippen LogP) is 3.35. The van der Waals surface area contributed by atoms with Crippen LogP contribution in [0.4, 0.5) is 0 Å². The first kappa shape index (κ1) is 13.4. The fourth-order valence-electron chi connectivity index (χ4n) is 2.12. The monoisotopic (exact) mass is 265 g/mol. The summed E-state index contributed by atoms with van der Waals surface area (Å²) in [5, 5.41) is 0.736. The molecule has 0 aliphatic rings. The summed E-state index contributed by atoms with van der Waals surface area (Å²) in [6, 6.07) is 3.85. The molecule has 0 aliphatic carbocycles. The molecule has 0 saturated carbocycles. The zero-order valence-electron chi connectivity index (χ0n) is 11.7. The highest BCUT2D eigenvalue weighted by Gasteiger charge is 2.23. The minimum atomic E-state index is 0.0316. The Bertz CT molecular complexity index is 564. The number of rotatable bonds is 2. The molecule has 4 heteroatoms. The zero-order chi connectivity index (χ0) is 13.5. The molecule has 0 radical (unpaired) electrons. The van der Waals surface area contributed by atoms with E-state index in [-0.39, 0.29) is 5.41 Å². The van der Waals surface area contributed by atoms with Crippen LogP contribution in [0.1, 0.15) is 32.2 Å². The smallest absolute Gasteiger partial charge is 0.137 e. The maximum atomic E-state index is 6.09. The Labute approximate surface area is 113 Å². The first-order chi connectivity index (χ1) is 8.29. The molecule has 0 bridgehead atoms. The van der Waals surface area contributed by atoms with Crippen molar-refractivity contribution in [3.63, 3.8) is 0 Å². The molecule has 0 spiro atoms. The van der Waals surface area contributed by atoms with Crippen LogP contribution in [0.3, 0.4) is 0 Å². The molecule has 2 aromatic heterocycles. The van der Waals surface area contributed by atoms with Crippen molar-refractivity contribution >= 4 is 17.2 Å². The Kier molecular flexibility index (Phi) is 3.39. The molecule has 0 aliphatic heterocycles. The van der Waals surface area contributed by atoms with Gasteiger partial charge in [-0.15, -0.1) is 0 Å². The van der Waals surface area contributed by atoms with E-state index >= 15 is 0 Å². The van der Waals surface area contributed by atoms with Crippen LogP contribution >= 0.6 is 11.6 Å². The van der Waals surface area contributed by atoms with E-state index in [9.17, 15) is 0 Å². The van der Waals surface area contributed by atoms with Crippen molar-refractivity contribution in [3.05, 3.63) is 34.7 Å². The lowest BCUT2D eigenvalue weighted by Gasteiger charge is -2.19. The van der Waals surface area contributed by atoms with Crippen molar-refractivity contribution in [3.8, 4) is 0 Å². The molecule has 0 atom stereocenters. The highest BCUT2D eigenvalue weighted by molar-refractivity contribution is 6.30. The molecule has 2 rings (SSSR count). The average Bonchev–Trinajstić information content (AvgIpc) is 2.56. The van der Waals surface area contributed by atoms with Gasteiger partial charge in [-0.05, 0) is 26.2 Å². The zero-order valence-corrected chi connectivity index (χ0v) is 12.4. The first-order valence-corrected chi connectivity index (χ1v) is 6.48. The van der Waals surface area contributed by atoms with Crippen LogP contribution in [0.15, 0.2) is 18.3 Å². The average molecular weight is 266 g/mol. The van der Waals surface area contributed by atoms with Gasteiger partial charge < -0.3 is 9.30 Å². The van der Waals surface area contributed by atoms with Crippen molar-refractivity contribution in [1.82, 2.24) is 14.3 Å². The van der Waals surface area contributed by atoms with E-state index in [1.165, 1.54) is 5.69 Å². The minimum Gasteiger partial charge on any atom is -0.304 e. The van der Waals surface area contributed by atoms with E-state index in [2.05, 4.69) is 44.2 Å². The highest BCUT2D eigenvalue weighted by Crippen LogP contribution is 2.27. The van der Waals surface area contributed by atoms with Crippen molar-refractivity contribution in [2.45, 2.75) is 32.7 Å². The number of fused-ring (bicyclic) bond motifs is 1. The van der Waals surface area contributed by atoms with Gasteiger partial charge in [-0.1, -0.05) is 32.4 Å². The van der Waals surface area contributed by atoms with Gasteiger partial charge in [-0.25, -0.2) is 4.98 Å². The van der Waals surface area contributed by atoms with Crippen LogP contribution in [-0.4, -0.2) is 28.4 Å². The Morgan fingerprint density at radius 1 is 1.28 bits per heavy atom. The number of imidazole rings is 1. The maximum Gasteiger partial charge on any atom is 0.137 e. The van der Waals surface area contributed by atoms with Crippen LogP contribution in [0.25, 0.3) is 5.65 Å². The molecule has 0 fully saturated rings. The SMILES string of the molecule is CN(C)Cc1c(C(C)(C)C)nc2ccc(Cl)cn12. The van der Waals surface area contributed by atoms with E-state index in [1.807, 2.05) is 18.3 Å². The number of nitrogens with zero attached hydrogens (tertiary/aromatic N) is 3. The molecule has 2 aromatic rings. The molecule has 0 saturated heterocycles. The normalized spacial score (nSPS) is 12.6. The lowest BCUT2D eigenvalue weighted by molar-refractivity contribution is 0.389. The van der Waals surface area contributed by atoms with Gasteiger partial charge in [0, 0.05) is 18.2 Å². The third-order valence-electron chi connectivity index (χ3n) is 2.86. The molecule has 0 aromatic carbocycles. The van der Waals surface area contributed by atoms with E-state index < -0.39 is 0 Å². The van der Waals surface area contributed by atoms with Gasteiger partial charge in [0.25, 0.3) is 0 Å². The number of hydrogen-bond acceptors (Lipinski definition) is 2. The number of pyridine rings is 1. The maximum absolute atomic E-state index is 6.09. The van der Waals surface area contributed by atoms with Crippen LogP contribution in [0, 0.1) is 0 Å². The predicted molar refractivity (Wildman–Crippen MR) is 76.3 cm³/mol. The lowest BCUT2D eigenvalue weighted by Crippen LogP contribution is -2.19. The van der Waals surface area contributed by atoms with Gasteiger partial charge in [0.15, 0.2) is 0 Å². The Balaban J connectivity index is 2.69. The summed E-state index contributed by atoms with van der Waals surface area (Å²) in [6.07, 6.45) is 1.94. The molecular weight excluding hydrogens is 246 g/mol. The van der Waals surface area contributed by atoms with Gasteiger partial charge >= 0.3 is 0 Å². The second-order valence-corrected chi connectivity index (χ2v) is 6.41. The quantitative estimate of drug-likeness (QED) is 0.830. The standard InChI is InChI=1S/C14H20ClN3/c1-14(2,3)13-11(9-17(4)5)18-8-10(15)6-7-12(18)16-13/h6-8H,9H2,1-5H3. The van der Waals surface area contributed by atoms with Crippen molar-refractivity contribution in [2.24, 2.45) is 0 Å². The molecule has 2 heterocycles. The Hall–Kier alpha value is -1.06. The van der Waals surface area contributed by atoms with Gasteiger partial charge in [0.2, 0.25) is 0 Å². The Morgan fingerprint density at radius 2 is 1.94 bits per heavy atom. The van der Waals surface area contributed by atoms with Crippen molar-refractivity contribution < 1.29 is 0 Å². The number of hydrogen-bond donors (Lipinski definition) is 0. The molecule has 0 unspecified atom stereocenters. The second-order valence-electron chi connectivity index (χ2n) is 5.97. The summed E-state index contributed by atoms with van der Waals surface area (Å²) in [4.78, 5) is 6.91. The number of aromatic nitrogens is 2. The Morgan fingerprint density at radius 3 is 2.50 bits per heavy atom. The topological polar surface area (TPSA) is 20.5 Å². The molecule has 0 amide bonds. The van der Waals surface area contributed by atoms with Gasteiger partial charge in [-0.3, -0.25) is 0 Å². The van der Waals surface area contributed by atoms with Crippen LogP contribution < -0.4 is 0 Å². The summed E-state index contributed by atoms with van der Waals surface area (Å²) in [5.41, 5.74) is 3.34. The molecular formula is C14H20ClN3. The molecule has 18 heavy (non-hydrogen) atoms. The molecule has 98 valence electrons. The van der Waals surface area contributed by atoms with Crippen molar-refractivity contribution in [2.75, 3.05) is 14.1 Å². The van der Waals surface area contributed by atoms with E-state index in [1.54, 1.807) is 0 Å². The van der Waals surface area contributed by atoms with Gasteiger partial charge in [0.05, 0.1) is 16.4 Å². The van der Waals surface area contributed by atoms with Gasteiger partial charge in [-0.2, -0.15) is 0 Å². The lowest BCUT2D eigenvalue weighted by atomic mass is 9.90. The van der Waals surface area contributed by atoms with Crippen LogP contribution in [0.5, 0.6) is 0 Å². The summed E-state index contributed by atoms with van der Waals surface area (Å²) in [5.74, 6) is 0. The molecule has 3 nitrogen and oxygen atoms in total. The van der Waals surface area contributed by atoms with E-state index in [0.717, 1.165) is 22.9 Å². The summed E-state index contributed by atoms with van der Waals surface area (Å²) in [6.45, 7) is 7.43. The van der Waals surface area contributed by atoms with Crippen LogP contribution in [-0.2, 0) is 12.0 Å². The highest BCUT2D eigenvalue weighted by atomic mass is 35.5. The van der Waals surface area contributed by atoms with E-state index in [0.29, 0.717) is 0 Å². The molecule has 0 N–H and O–H groups in total. The summed E-state index contributed by atoms with van der Waals surface area (Å²) in [7, 11) is 4.13. The third-order valence-corrected chi connectivity index (χ3v) is 3.08. The summed E-state index contributed by atoms with van der Waals surface area (Å²) < 4.78 is 2.10. The van der Waals surface area contributed by atoms with Crippen molar-refractivity contribution in [1.29, 1.82) is 0 Å². The minimum absolute atomic E-state index is 0.0316. The van der Waals surface area contributed by atoms with E-state index in [4.69, 9.17) is 16.6 Å². The largest absolute Gasteiger partial charge is 0.304 e. The van der Waals surface area contributed by atoms with Gasteiger partial charge in [0.1, 0.15) is 5.65 Å². The third kappa shape index (κ3) is 2.52. The fourth-order valence-corrected chi connectivity index (χ4v) is 2.28. The number of halogens is 1. The first-order valence-electron chi connectivity index (χ1n) is 6.11. The fraction of sp³-hybridized carbons (Fsp3) is 0.500.